The summed E-state index contributed by atoms with van der Waals surface area (Å²) in [5, 5.41) is 9.10. The Kier molecular flexibility index (Phi) is 1.88. The summed E-state index contributed by atoms with van der Waals surface area (Å²) < 4.78 is 13.2. The highest BCUT2D eigenvalue weighted by molar-refractivity contribution is 5.77. The summed E-state index contributed by atoms with van der Waals surface area (Å²) in [6.07, 6.45) is 2.84. The Hall–Kier alpha value is -1.38. The highest BCUT2D eigenvalue weighted by Crippen LogP contribution is 2.66. The van der Waals surface area contributed by atoms with Crippen molar-refractivity contribution >= 4 is 5.97 Å². The monoisotopic (exact) mass is 220 g/mol. The zero-order valence-electron chi connectivity index (χ0n) is 8.82. The zero-order valence-corrected chi connectivity index (χ0v) is 8.82. The molecule has 0 aliphatic heterocycles. The number of rotatable bonds is 3. The minimum absolute atomic E-state index is 0.256. The summed E-state index contributed by atoms with van der Waals surface area (Å²) in [4.78, 5) is 11.1. The molecule has 2 aliphatic carbocycles. The van der Waals surface area contributed by atoms with Gasteiger partial charge in [0.2, 0.25) is 0 Å². The second kappa shape index (κ2) is 3.06. The van der Waals surface area contributed by atoms with Crippen molar-refractivity contribution in [2.45, 2.75) is 24.7 Å². The van der Waals surface area contributed by atoms with Crippen LogP contribution in [0.4, 0.5) is 4.39 Å². The van der Waals surface area contributed by atoms with Gasteiger partial charge in [-0.25, -0.2) is 4.39 Å². The molecule has 1 unspecified atom stereocenters. The summed E-state index contributed by atoms with van der Waals surface area (Å²) >= 11 is 0. The Morgan fingerprint density at radius 2 is 2.19 bits per heavy atom. The van der Waals surface area contributed by atoms with Crippen LogP contribution in [-0.4, -0.2) is 11.1 Å². The maximum atomic E-state index is 13.2. The smallest absolute Gasteiger partial charge is 0.307 e. The molecule has 2 aliphatic rings. The molecule has 0 amide bonds. The molecule has 84 valence electrons. The van der Waals surface area contributed by atoms with Gasteiger partial charge in [-0.05, 0) is 42.9 Å². The summed E-state index contributed by atoms with van der Waals surface area (Å²) in [7, 11) is 0. The molecule has 2 nitrogen and oxygen atoms in total. The largest absolute Gasteiger partial charge is 0.481 e. The van der Waals surface area contributed by atoms with Crippen molar-refractivity contribution in [3.63, 3.8) is 0 Å². The standard InChI is InChI=1S/C13H13FO2/c14-10-3-1-2-9(6-10)13(8-4-5-8)7-11(13)12(15)16/h1-3,6,8,11H,4-5,7H2,(H,15,16)/t11-,13?/m0/s1. The molecule has 0 bridgehead atoms. The van der Waals surface area contributed by atoms with E-state index in [1.807, 2.05) is 6.07 Å². The van der Waals surface area contributed by atoms with E-state index >= 15 is 0 Å². The molecule has 0 radical (unpaired) electrons. The third-order valence-electron chi connectivity index (χ3n) is 3.97. The lowest BCUT2D eigenvalue weighted by molar-refractivity contribution is -0.139. The van der Waals surface area contributed by atoms with E-state index in [-0.39, 0.29) is 17.2 Å². The summed E-state index contributed by atoms with van der Waals surface area (Å²) in [6, 6.07) is 6.44. The van der Waals surface area contributed by atoms with Crippen LogP contribution < -0.4 is 0 Å². The Morgan fingerprint density at radius 3 is 2.69 bits per heavy atom. The van der Waals surface area contributed by atoms with E-state index in [1.165, 1.54) is 12.1 Å². The summed E-state index contributed by atoms with van der Waals surface area (Å²) in [5.41, 5.74) is 0.621. The number of benzene rings is 1. The molecule has 3 heteroatoms. The van der Waals surface area contributed by atoms with Crippen LogP contribution in [0.25, 0.3) is 0 Å². The predicted molar refractivity (Wildman–Crippen MR) is 56.5 cm³/mol. The van der Waals surface area contributed by atoms with Gasteiger partial charge in [-0.3, -0.25) is 4.79 Å². The molecular weight excluding hydrogens is 207 g/mol. The van der Waals surface area contributed by atoms with Crippen molar-refractivity contribution in [2.24, 2.45) is 11.8 Å². The Bertz CT molecular complexity index is 453. The maximum absolute atomic E-state index is 13.2. The molecular formula is C13H13FO2. The number of carboxylic acids is 1. The van der Waals surface area contributed by atoms with Crippen LogP contribution in [0.3, 0.4) is 0 Å². The molecule has 2 atom stereocenters. The molecule has 1 aromatic carbocycles. The number of hydrogen-bond donors (Lipinski definition) is 1. The predicted octanol–water partition coefficient (Wildman–Crippen LogP) is 2.58. The van der Waals surface area contributed by atoms with Gasteiger partial charge >= 0.3 is 5.97 Å². The van der Waals surface area contributed by atoms with Crippen LogP contribution in [0.15, 0.2) is 24.3 Å². The van der Waals surface area contributed by atoms with Gasteiger partial charge in [0.15, 0.2) is 0 Å². The molecule has 3 rings (SSSR count). The second-order valence-corrected chi connectivity index (χ2v) is 4.92. The topological polar surface area (TPSA) is 37.3 Å². The average molecular weight is 220 g/mol. The van der Waals surface area contributed by atoms with E-state index < -0.39 is 5.97 Å². The van der Waals surface area contributed by atoms with Gasteiger partial charge in [0.05, 0.1) is 5.92 Å². The van der Waals surface area contributed by atoms with E-state index in [0.717, 1.165) is 18.4 Å². The van der Waals surface area contributed by atoms with E-state index in [4.69, 9.17) is 5.11 Å². The molecule has 2 saturated carbocycles. The van der Waals surface area contributed by atoms with Gasteiger partial charge in [-0.15, -0.1) is 0 Å². The fraction of sp³-hybridized carbons (Fsp3) is 0.462. The molecule has 1 N–H and O–H groups in total. The Morgan fingerprint density at radius 1 is 1.44 bits per heavy atom. The molecule has 2 fully saturated rings. The lowest BCUT2D eigenvalue weighted by Gasteiger charge is -2.16. The number of hydrogen-bond acceptors (Lipinski definition) is 1. The number of carbonyl (C=O) groups is 1. The van der Waals surface area contributed by atoms with Gasteiger partial charge < -0.3 is 5.11 Å². The van der Waals surface area contributed by atoms with Crippen LogP contribution in [0.5, 0.6) is 0 Å². The van der Waals surface area contributed by atoms with Crippen molar-refractivity contribution < 1.29 is 14.3 Å². The first-order valence-corrected chi connectivity index (χ1v) is 5.63. The van der Waals surface area contributed by atoms with Crippen molar-refractivity contribution in [1.29, 1.82) is 0 Å². The SMILES string of the molecule is O=C(O)[C@@H]1CC1(c1cccc(F)c1)C1CC1. The van der Waals surface area contributed by atoms with Crippen molar-refractivity contribution in [1.82, 2.24) is 0 Å². The van der Waals surface area contributed by atoms with Crippen LogP contribution in [-0.2, 0) is 10.2 Å². The highest BCUT2D eigenvalue weighted by atomic mass is 19.1. The molecule has 0 spiro atoms. The van der Waals surface area contributed by atoms with Gasteiger partial charge in [-0.1, -0.05) is 12.1 Å². The first-order chi connectivity index (χ1) is 7.64. The van der Waals surface area contributed by atoms with Crippen LogP contribution in [0.2, 0.25) is 0 Å². The Balaban J connectivity index is 1.99. The minimum Gasteiger partial charge on any atom is -0.481 e. The first kappa shape index (κ1) is 9.82. The lowest BCUT2D eigenvalue weighted by Crippen LogP contribution is -2.17. The van der Waals surface area contributed by atoms with Crippen LogP contribution >= 0.6 is 0 Å². The van der Waals surface area contributed by atoms with Crippen molar-refractivity contribution in [2.75, 3.05) is 0 Å². The van der Waals surface area contributed by atoms with E-state index in [9.17, 15) is 9.18 Å². The van der Waals surface area contributed by atoms with Gasteiger partial charge in [-0.2, -0.15) is 0 Å². The second-order valence-electron chi connectivity index (χ2n) is 4.92. The quantitative estimate of drug-likeness (QED) is 0.850. The highest BCUT2D eigenvalue weighted by Gasteiger charge is 2.66. The zero-order chi connectivity index (χ0) is 11.3. The number of halogens is 1. The van der Waals surface area contributed by atoms with E-state index in [0.29, 0.717) is 12.3 Å². The van der Waals surface area contributed by atoms with Gasteiger partial charge in [0, 0.05) is 5.41 Å². The van der Waals surface area contributed by atoms with E-state index in [1.54, 1.807) is 6.07 Å². The lowest BCUT2D eigenvalue weighted by atomic mass is 9.88. The van der Waals surface area contributed by atoms with Gasteiger partial charge in [0.1, 0.15) is 5.82 Å². The molecule has 0 heterocycles. The normalized spacial score (nSPS) is 32.4. The molecule has 16 heavy (non-hydrogen) atoms. The van der Waals surface area contributed by atoms with Crippen molar-refractivity contribution in [3.8, 4) is 0 Å². The Labute approximate surface area is 93.1 Å². The number of carboxylic acid groups (broad SMARTS) is 1. The minimum atomic E-state index is -0.740. The van der Waals surface area contributed by atoms with Crippen molar-refractivity contribution in [3.05, 3.63) is 35.6 Å². The third-order valence-corrected chi connectivity index (χ3v) is 3.97. The fourth-order valence-corrected chi connectivity index (χ4v) is 2.97. The fourth-order valence-electron chi connectivity index (χ4n) is 2.97. The molecule has 0 saturated heterocycles. The summed E-state index contributed by atoms with van der Waals surface area (Å²) in [5.74, 6) is -0.859. The average Bonchev–Trinajstić information content (AvgIpc) is 3.11. The first-order valence-electron chi connectivity index (χ1n) is 5.63. The number of aliphatic carboxylic acids is 1. The van der Waals surface area contributed by atoms with Crippen LogP contribution in [0.1, 0.15) is 24.8 Å². The van der Waals surface area contributed by atoms with E-state index in [2.05, 4.69) is 0 Å². The molecule has 0 aromatic heterocycles. The van der Waals surface area contributed by atoms with Gasteiger partial charge in [0.25, 0.3) is 0 Å². The molecule has 1 aromatic rings. The van der Waals surface area contributed by atoms with Crippen LogP contribution in [0, 0.1) is 17.7 Å². The maximum Gasteiger partial charge on any atom is 0.307 e. The third kappa shape index (κ3) is 1.27. The summed E-state index contributed by atoms with van der Waals surface area (Å²) in [6.45, 7) is 0.